The third kappa shape index (κ3) is 5.63. The van der Waals surface area contributed by atoms with Crippen LogP contribution in [0.5, 0.6) is 0 Å². The monoisotopic (exact) mass is 398 g/mol. The van der Waals surface area contributed by atoms with Gasteiger partial charge in [0.15, 0.2) is 0 Å². The zero-order valence-electron chi connectivity index (χ0n) is 16.6. The van der Waals surface area contributed by atoms with Gasteiger partial charge in [-0.1, -0.05) is 44.2 Å². The largest absolute Gasteiger partial charge is 0.326 e. The number of rotatable bonds is 9. The zero-order valence-corrected chi connectivity index (χ0v) is 16.6. The zero-order chi connectivity index (χ0) is 20.8. The van der Waals surface area contributed by atoms with Crippen molar-refractivity contribution in [2.45, 2.75) is 45.6 Å². The molecule has 154 valence electrons. The summed E-state index contributed by atoms with van der Waals surface area (Å²) in [5.41, 5.74) is 1.05. The number of nitrogens with zero attached hydrogens (tertiary/aromatic N) is 3. The number of H-pyrrole nitrogens is 1. The number of anilines is 1. The topological polar surface area (TPSA) is 120 Å². The normalized spacial score (nSPS) is 16.4. The van der Waals surface area contributed by atoms with E-state index in [-0.39, 0.29) is 30.6 Å². The van der Waals surface area contributed by atoms with E-state index in [1.165, 1.54) is 4.90 Å². The Morgan fingerprint density at radius 2 is 2.00 bits per heavy atom. The minimum Gasteiger partial charge on any atom is -0.326 e. The molecule has 3 N–H and O–H groups in total. The Labute approximate surface area is 169 Å². The number of aromatic amines is 1. The van der Waals surface area contributed by atoms with Crippen molar-refractivity contribution in [2.75, 3.05) is 11.9 Å². The summed E-state index contributed by atoms with van der Waals surface area (Å²) in [6.07, 6.45) is 1.64. The van der Waals surface area contributed by atoms with Crippen molar-refractivity contribution in [3.05, 3.63) is 41.7 Å². The van der Waals surface area contributed by atoms with Crippen LogP contribution in [0.3, 0.4) is 0 Å². The molecular weight excluding hydrogens is 372 g/mol. The van der Waals surface area contributed by atoms with Crippen molar-refractivity contribution in [1.82, 2.24) is 25.4 Å². The van der Waals surface area contributed by atoms with Gasteiger partial charge in [0.1, 0.15) is 11.9 Å². The lowest BCUT2D eigenvalue weighted by molar-refractivity contribution is -0.127. The molecule has 1 saturated heterocycles. The Morgan fingerprint density at radius 1 is 1.24 bits per heavy atom. The Hall–Kier alpha value is -3.23. The molecule has 9 nitrogen and oxygen atoms in total. The number of amides is 4. The maximum atomic E-state index is 12.5. The smallest absolute Gasteiger partial charge is 0.324 e. The molecule has 2 aromatic rings. The lowest BCUT2D eigenvalue weighted by Gasteiger charge is -2.12. The Bertz CT molecular complexity index is 864. The standard InChI is InChI=1S/C20H26N6O3/c1-13(2)12-16-22-19(25-24-16)23-17(27)9-8-15-18(28)26(20(29)21-15)11-10-14-6-4-3-5-7-14/h3-7,13,15H,8-12H2,1-2H3,(H,21,29)(H2,22,23,24,25,27). The van der Waals surface area contributed by atoms with E-state index in [1.54, 1.807) is 0 Å². The number of nitrogens with one attached hydrogen (secondary N) is 3. The Balaban J connectivity index is 1.45. The van der Waals surface area contributed by atoms with Gasteiger partial charge in [-0.3, -0.25) is 24.9 Å². The molecule has 1 unspecified atom stereocenters. The molecule has 1 aromatic carbocycles. The first kappa shape index (κ1) is 20.5. The van der Waals surface area contributed by atoms with Crippen molar-refractivity contribution < 1.29 is 14.4 Å². The molecule has 29 heavy (non-hydrogen) atoms. The van der Waals surface area contributed by atoms with Gasteiger partial charge in [-0.25, -0.2) is 4.79 Å². The van der Waals surface area contributed by atoms with Gasteiger partial charge in [-0.05, 0) is 24.3 Å². The van der Waals surface area contributed by atoms with Gasteiger partial charge < -0.3 is 5.32 Å². The van der Waals surface area contributed by atoms with Crippen LogP contribution in [0.2, 0.25) is 0 Å². The molecule has 3 rings (SSSR count). The van der Waals surface area contributed by atoms with Crippen LogP contribution in [-0.4, -0.2) is 50.5 Å². The van der Waals surface area contributed by atoms with E-state index in [0.717, 1.165) is 12.0 Å². The predicted octanol–water partition coefficient (Wildman–Crippen LogP) is 1.88. The van der Waals surface area contributed by atoms with Gasteiger partial charge in [-0.2, -0.15) is 4.98 Å². The van der Waals surface area contributed by atoms with Crippen LogP contribution in [0.4, 0.5) is 10.7 Å². The average molecular weight is 398 g/mol. The Morgan fingerprint density at radius 3 is 2.72 bits per heavy atom. The molecule has 0 radical (unpaired) electrons. The minimum atomic E-state index is -0.687. The third-order valence-corrected chi connectivity index (χ3v) is 4.62. The number of carbonyl (C=O) groups is 3. The van der Waals surface area contributed by atoms with E-state index < -0.39 is 12.1 Å². The van der Waals surface area contributed by atoms with Crippen LogP contribution < -0.4 is 10.6 Å². The summed E-state index contributed by atoms with van der Waals surface area (Å²) in [6.45, 7) is 4.45. The molecule has 0 bridgehead atoms. The number of aromatic nitrogens is 3. The van der Waals surface area contributed by atoms with Crippen LogP contribution in [0, 0.1) is 5.92 Å². The van der Waals surface area contributed by atoms with E-state index in [4.69, 9.17) is 0 Å². The van der Waals surface area contributed by atoms with Crippen molar-refractivity contribution >= 4 is 23.8 Å². The van der Waals surface area contributed by atoms with Crippen LogP contribution in [0.1, 0.15) is 38.1 Å². The van der Waals surface area contributed by atoms with Crippen LogP contribution in [-0.2, 0) is 22.4 Å². The fourth-order valence-corrected chi connectivity index (χ4v) is 3.16. The number of hydrogen-bond acceptors (Lipinski definition) is 5. The van der Waals surface area contributed by atoms with Gasteiger partial charge in [0.05, 0.1) is 0 Å². The lowest BCUT2D eigenvalue weighted by atomic mass is 10.1. The third-order valence-electron chi connectivity index (χ3n) is 4.62. The van der Waals surface area contributed by atoms with Crippen LogP contribution >= 0.6 is 0 Å². The number of imide groups is 1. The predicted molar refractivity (Wildman–Crippen MR) is 107 cm³/mol. The second kappa shape index (κ2) is 9.31. The van der Waals surface area contributed by atoms with Crippen LogP contribution in [0.25, 0.3) is 0 Å². The van der Waals surface area contributed by atoms with Gasteiger partial charge in [0.2, 0.25) is 11.9 Å². The first-order valence-electron chi connectivity index (χ1n) is 9.79. The highest BCUT2D eigenvalue weighted by atomic mass is 16.2. The molecule has 0 aliphatic carbocycles. The quantitative estimate of drug-likeness (QED) is 0.557. The van der Waals surface area contributed by atoms with E-state index in [9.17, 15) is 14.4 Å². The van der Waals surface area contributed by atoms with E-state index >= 15 is 0 Å². The number of carbonyl (C=O) groups excluding carboxylic acids is 3. The first-order valence-corrected chi connectivity index (χ1v) is 9.79. The molecule has 1 aromatic heterocycles. The van der Waals surface area contributed by atoms with Gasteiger partial charge in [0, 0.05) is 19.4 Å². The highest BCUT2D eigenvalue weighted by molar-refractivity contribution is 6.04. The molecule has 2 heterocycles. The van der Waals surface area contributed by atoms with Gasteiger partial charge in [-0.15, -0.1) is 5.10 Å². The molecule has 0 spiro atoms. The maximum absolute atomic E-state index is 12.5. The maximum Gasteiger partial charge on any atom is 0.324 e. The summed E-state index contributed by atoms with van der Waals surface area (Å²) in [5, 5.41) is 12.0. The summed E-state index contributed by atoms with van der Waals surface area (Å²) in [7, 11) is 0. The highest BCUT2D eigenvalue weighted by Crippen LogP contribution is 2.13. The summed E-state index contributed by atoms with van der Waals surface area (Å²) < 4.78 is 0. The summed E-state index contributed by atoms with van der Waals surface area (Å²) >= 11 is 0. The fourth-order valence-electron chi connectivity index (χ4n) is 3.16. The van der Waals surface area contributed by atoms with Crippen molar-refractivity contribution in [3.8, 4) is 0 Å². The molecule has 1 aliphatic heterocycles. The van der Waals surface area contributed by atoms with E-state index in [0.29, 0.717) is 24.7 Å². The number of urea groups is 1. The second-order valence-corrected chi connectivity index (χ2v) is 7.52. The molecule has 4 amide bonds. The molecule has 9 heteroatoms. The first-order chi connectivity index (χ1) is 13.9. The fraction of sp³-hybridized carbons (Fsp3) is 0.450. The average Bonchev–Trinajstić information content (AvgIpc) is 3.22. The van der Waals surface area contributed by atoms with Crippen LogP contribution in [0.15, 0.2) is 30.3 Å². The Kier molecular flexibility index (Phi) is 6.58. The van der Waals surface area contributed by atoms with E-state index in [2.05, 4.69) is 39.7 Å². The van der Waals surface area contributed by atoms with E-state index in [1.807, 2.05) is 30.3 Å². The van der Waals surface area contributed by atoms with Crippen molar-refractivity contribution in [3.63, 3.8) is 0 Å². The molecular formula is C20H26N6O3. The molecule has 0 saturated carbocycles. The number of benzene rings is 1. The summed E-state index contributed by atoms with van der Waals surface area (Å²) in [5.74, 6) is 0.758. The summed E-state index contributed by atoms with van der Waals surface area (Å²) in [6, 6.07) is 8.57. The number of hydrogen-bond donors (Lipinski definition) is 3. The second-order valence-electron chi connectivity index (χ2n) is 7.52. The highest BCUT2D eigenvalue weighted by Gasteiger charge is 2.37. The van der Waals surface area contributed by atoms with Crippen molar-refractivity contribution in [2.24, 2.45) is 5.92 Å². The molecule has 1 aliphatic rings. The van der Waals surface area contributed by atoms with Gasteiger partial charge >= 0.3 is 6.03 Å². The minimum absolute atomic E-state index is 0.0806. The van der Waals surface area contributed by atoms with Gasteiger partial charge in [0.25, 0.3) is 5.91 Å². The van der Waals surface area contributed by atoms with Crippen molar-refractivity contribution in [1.29, 1.82) is 0 Å². The lowest BCUT2D eigenvalue weighted by Crippen LogP contribution is -2.33. The molecule has 1 fully saturated rings. The molecule has 1 atom stereocenters. The summed E-state index contributed by atoms with van der Waals surface area (Å²) in [4.78, 5) is 42.2. The SMILES string of the molecule is CC(C)Cc1nc(NC(=O)CCC2NC(=O)N(CCc3ccccc3)C2=O)n[nH]1.